The fourth-order valence-corrected chi connectivity index (χ4v) is 2.70. The molecule has 5 heteroatoms. The van der Waals surface area contributed by atoms with E-state index in [1.54, 1.807) is 36.4 Å². The number of carbonyl (C=O) groups is 2. The van der Waals surface area contributed by atoms with E-state index in [-0.39, 0.29) is 11.5 Å². The Kier molecular flexibility index (Phi) is 3.89. The van der Waals surface area contributed by atoms with Crippen molar-refractivity contribution in [2.75, 3.05) is 0 Å². The topological polar surface area (TPSA) is 65.7 Å². The molecule has 0 saturated carbocycles. The van der Waals surface area contributed by atoms with E-state index in [0.29, 0.717) is 28.4 Å². The van der Waals surface area contributed by atoms with E-state index in [1.165, 1.54) is 18.4 Å². The van der Waals surface area contributed by atoms with Gasteiger partial charge in [-0.05, 0) is 42.8 Å². The summed E-state index contributed by atoms with van der Waals surface area (Å²) in [5.41, 5.74) is 1.73. The molecule has 0 radical (unpaired) electrons. The zero-order valence-electron chi connectivity index (χ0n) is 13.9. The molecule has 0 bridgehead atoms. The van der Waals surface area contributed by atoms with Gasteiger partial charge >= 0.3 is 5.97 Å². The number of hydrogen-bond donors (Lipinski definition) is 0. The molecule has 2 aromatic carbocycles. The molecule has 1 aromatic heterocycles. The van der Waals surface area contributed by atoms with Crippen LogP contribution in [-0.4, -0.2) is 11.8 Å². The van der Waals surface area contributed by atoms with Gasteiger partial charge in [0.15, 0.2) is 5.76 Å². The highest BCUT2D eigenvalue weighted by molar-refractivity contribution is 6.14. The summed E-state index contributed by atoms with van der Waals surface area (Å²) in [6.07, 6.45) is 3.05. The fourth-order valence-electron chi connectivity index (χ4n) is 2.70. The summed E-state index contributed by atoms with van der Waals surface area (Å²) in [4.78, 5) is 24.7. The van der Waals surface area contributed by atoms with Crippen molar-refractivity contribution in [3.8, 4) is 11.5 Å². The molecule has 0 saturated heterocycles. The molecule has 3 aromatic rings. The van der Waals surface area contributed by atoms with Gasteiger partial charge in [-0.15, -0.1) is 0 Å². The lowest BCUT2D eigenvalue weighted by Crippen LogP contribution is -2.10. The van der Waals surface area contributed by atoms with E-state index in [9.17, 15) is 9.59 Å². The molecular weight excluding hydrogens is 332 g/mol. The molecule has 0 unspecified atom stereocenters. The number of allylic oxidation sites excluding steroid dienone is 1. The van der Waals surface area contributed by atoms with Crippen LogP contribution >= 0.6 is 0 Å². The molecule has 1 aliphatic heterocycles. The lowest BCUT2D eigenvalue weighted by Gasteiger charge is -2.07. The monoisotopic (exact) mass is 346 g/mol. The van der Waals surface area contributed by atoms with Crippen molar-refractivity contribution < 1.29 is 23.5 Å². The lowest BCUT2D eigenvalue weighted by atomic mass is 10.1. The third-order valence-electron chi connectivity index (χ3n) is 4.03. The van der Waals surface area contributed by atoms with Crippen LogP contribution in [0, 0.1) is 6.92 Å². The van der Waals surface area contributed by atoms with Gasteiger partial charge in [0.1, 0.15) is 17.3 Å². The second-order valence-electron chi connectivity index (χ2n) is 5.82. The predicted molar refractivity (Wildman–Crippen MR) is 94.2 cm³/mol. The Hall–Kier alpha value is -3.60. The van der Waals surface area contributed by atoms with E-state index in [2.05, 4.69) is 0 Å². The summed E-state index contributed by atoms with van der Waals surface area (Å²) in [5.74, 6) is 0.642. The first-order chi connectivity index (χ1) is 12.6. The van der Waals surface area contributed by atoms with Gasteiger partial charge in [-0.2, -0.15) is 0 Å². The van der Waals surface area contributed by atoms with Gasteiger partial charge in [-0.1, -0.05) is 18.2 Å². The van der Waals surface area contributed by atoms with Crippen molar-refractivity contribution in [1.29, 1.82) is 0 Å². The van der Waals surface area contributed by atoms with Gasteiger partial charge in [-0.3, -0.25) is 4.79 Å². The molecule has 0 fully saturated rings. The second-order valence-corrected chi connectivity index (χ2v) is 5.82. The van der Waals surface area contributed by atoms with Crippen molar-refractivity contribution in [3.63, 3.8) is 0 Å². The number of rotatable bonds is 3. The summed E-state index contributed by atoms with van der Waals surface area (Å²) in [6, 6.07) is 15.3. The van der Waals surface area contributed by atoms with Crippen LogP contribution in [0.5, 0.6) is 11.5 Å². The van der Waals surface area contributed by atoms with E-state index in [4.69, 9.17) is 13.9 Å². The van der Waals surface area contributed by atoms with Gasteiger partial charge < -0.3 is 13.9 Å². The molecule has 0 amide bonds. The molecule has 0 N–H and O–H groups in total. The van der Waals surface area contributed by atoms with Crippen LogP contribution in [0.1, 0.15) is 32.0 Å². The predicted octanol–water partition coefficient (Wildman–Crippen LogP) is 4.42. The van der Waals surface area contributed by atoms with Gasteiger partial charge in [0.2, 0.25) is 5.78 Å². The number of benzene rings is 2. The highest BCUT2D eigenvalue weighted by Crippen LogP contribution is 2.35. The highest BCUT2D eigenvalue weighted by atomic mass is 16.5. The Morgan fingerprint density at radius 1 is 1.08 bits per heavy atom. The standard InChI is InChI=1S/C21H14O5/c1-13-5-2-3-7-16(13)21(23)25-15-8-9-17-18(12-15)26-19(20(17)22)11-14-6-4-10-24-14/h2-12H,1H3/b19-11+. The van der Waals surface area contributed by atoms with Gasteiger partial charge in [0.05, 0.1) is 17.4 Å². The number of ketones is 1. The molecular formula is C21H14O5. The molecule has 2 heterocycles. The average Bonchev–Trinajstić information content (AvgIpc) is 3.24. The molecule has 0 aliphatic carbocycles. The van der Waals surface area contributed by atoms with Crippen molar-refractivity contribution in [1.82, 2.24) is 0 Å². The average molecular weight is 346 g/mol. The van der Waals surface area contributed by atoms with Gasteiger partial charge in [-0.25, -0.2) is 4.79 Å². The number of ether oxygens (including phenoxy) is 2. The molecule has 4 rings (SSSR count). The summed E-state index contributed by atoms with van der Waals surface area (Å²) in [5, 5.41) is 0. The molecule has 1 aliphatic rings. The van der Waals surface area contributed by atoms with Crippen LogP contribution in [0.3, 0.4) is 0 Å². The lowest BCUT2D eigenvalue weighted by molar-refractivity contribution is 0.0733. The highest BCUT2D eigenvalue weighted by Gasteiger charge is 2.28. The fraction of sp³-hybridized carbons (Fsp3) is 0.0476. The Morgan fingerprint density at radius 3 is 2.69 bits per heavy atom. The van der Waals surface area contributed by atoms with E-state index in [1.807, 2.05) is 19.1 Å². The third kappa shape index (κ3) is 2.91. The van der Waals surface area contributed by atoms with E-state index >= 15 is 0 Å². The second kappa shape index (κ2) is 6.37. The summed E-state index contributed by atoms with van der Waals surface area (Å²) in [7, 11) is 0. The Labute approximate surface area is 149 Å². The third-order valence-corrected chi connectivity index (χ3v) is 4.03. The number of hydrogen-bond acceptors (Lipinski definition) is 5. The number of esters is 1. The van der Waals surface area contributed by atoms with Crippen LogP contribution in [-0.2, 0) is 0 Å². The molecule has 5 nitrogen and oxygen atoms in total. The normalized spacial score (nSPS) is 14.2. The zero-order valence-corrected chi connectivity index (χ0v) is 13.9. The number of furan rings is 1. The number of fused-ring (bicyclic) bond motifs is 1. The van der Waals surface area contributed by atoms with Crippen molar-refractivity contribution in [2.45, 2.75) is 6.92 Å². The van der Waals surface area contributed by atoms with Gasteiger partial charge in [0.25, 0.3) is 0 Å². The van der Waals surface area contributed by atoms with E-state index < -0.39 is 5.97 Å². The number of aryl methyl sites for hydroxylation is 1. The van der Waals surface area contributed by atoms with Crippen LogP contribution in [0.15, 0.2) is 71.0 Å². The molecule has 0 spiro atoms. The first-order valence-corrected chi connectivity index (χ1v) is 8.01. The van der Waals surface area contributed by atoms with Crippen LogP contribution in [0.4, 0.5) is 0 Å². The quantitative estimate of drug-likeness (QED) is 0.399. The molecule has 0 atom stereocenters. The first kappa shape index (κ1) is 15.9. The van der Waals surface area contributed by atoms with E-state index in [0.717, 1.165) is 5.56 Å². The smallest absolute Gasteiger partial charge is 0.343 e. The summed E-state index contributed by atoms with van der Waals surface area (Å²) >= 11 is 0. The van der Waals surface area contributed by atoms with Crippen LogP contribution in [0.25, 0.3) is 6.08 Å². The van der Waals surface area contributed by atoms with Crippen molar-refractivity contribution >= 4 is 17.8 Å². The van der Waals surface area contributed by atoms with Crippen molar-refractivity contribution in [2.24, 2.45) is 0 Å². The first-order valence-electron chi connectivity index (χ1n) is 8.01. The Morgan fingerprint density at radius 2 is 1.92 bits per heavy atom. The maximum atomic E-state index is 12.4. The van der Waals surface area contributed by atoms with Crippen LogP contribution in [0.2, 0.25) is 0 Å². The number of carbonyl (C=O) groups excluding carboxylic acids is 2. The maximum absolute atomic E-state index is 12.4. The molecule has 128 valence electrons. The largest absolute Gasteiger partial charge is 0.465 e. The van der Waals surface area contributed by atoms with Crippen LogP contribution < -0.4 is 9.47 Å². The van der Waals surface area contributed by atoms with Crippen molar-refractivity contribution in [3.05, 3.63) is 89.1 Å². The summed E-state index contributed by atoms with van der Waals surface area (Å²) < 4.78 is 16.2. The number of Topliss-reactive ketones (excluding diaryl/α,β-unsaturated/α-hetero) is 1. The van der Waals surface area contributed by atoms with Gasteiger partial charge in [0, 0.05) is 12.1 Å². The minimum atomic E-state index is -0.460. The zero-order chi connectivity index (χ0) is 18.1. The Balaban J connectivity index is 1.57. The Bertz CT molecular complexity index is 1030. The summed E-state index contributed by atoms with van der Waals surface area (Å²) in [6.45, 7) is 1.84. The SMILES string of the molecule is Cc1ccccc1C(=O)Oc1ccc2c(c1)O/C(=C/c1ccco1)C2=O. The minimum Gasteiger partial charge on any atom is -0.465 e. The maximum Gasteiger partial charge on any atom is 0.343 e. The molecule has 26 heavy (non-hydrogen) atoms. The minimum absolute atomic E-state index is 0.164.